The summed E-state index contributed by atoms with van der Waals surface area (Å²) in [5.41, 5.74) is 0.990. The second-order valence-electron chi connectivity index (χ2n) is 6.95. The molecule has 1 saturated heterocycles. The topological polar surface area (TPSA) is 45.2 Å². The van der Waals surface area contributed by atoms with E-state index in [2.05, 4.69) is 31.1 Å². The lowest BCUT2D eigenvalue weighted by Crippen LogP contribution is -2.41. The van der Waals surface area contributed by atoms with Gasteiger partial charge in [-0.25, -0.2) is 4.98 Å². The van der Waals surface area contributed by atoms with Crippen LogP contribution in [0.4, 0.5) is 0 Å². The van der Waals surface area contributed by atoms with Crippen LogP contribution in [-0.2, 0) is 16.6 Å². The molecular weight excluding hydrogens is 353 g/mol. The fraction of sp³-hybridized carbons (Fsp3) is 0.750. The van der Waals surface area contributed by atoms with Gasteiger partial charge in [0.2, 0.25) is 5.91 Å². The number of amides is 1. The van der Waals surface area contributed by atoms with E-state index in [0.717, 1.165) is 43.2 Å². The molecule has 0 aromatic carbocycles. The molecule has 2 rings (SSSR count). The Labute approximate surface area is 156 Å². The Balaban J connectivity index is 0.00000242. The van der Waals surface area contributed by atoms with Crippen molar-refractivity contribution >= 4 is 42.1 Å². The van der Waals surface area contributed by atoms with Gasteiger partial charge in [-0.1, -0.05) is 20.8 Å². The van der Waals surface area contributed by atoms with Crippen LogP contribution >= 0.6 is 36.2 Å². The van der Waals surface area contributed by atoms with Crippen LogP contribution in [0.25, 0.3) is 0 Å². The standard InChI is InChI=1S/C16H27N3OS.2ClH/c1-16(2,3)15-18-13(11-21-15)9-14(20)19-7-5-12(6-8-19)10-17-4;;/h11-12,17H,5-10H2,1-4H3;2*1H. The van der Waals surface area contributed by atoms with Crippen molar-refractivity contribution in [1.82, 2.24) is 15.2 Å². The summed E-state index contributed by atoms with van der Waals surface area (Å²) < 4.78 is 0. The highest BCUT2D eigenvalue weighted by molar-refractivity contribution is 7.09. The van der Waals surface area contributed by atoms with Crippen molar-refractivity contribution < 1.29 is 4.79 Å². The third kappa shape index (κ3) is 6.57. The van der Waals surface area contributed by atoms with E-state index in [1.165, 1.54) is 0 Å². The number of piperidine rings is 1. The molecule has 0 unspecified atom stereocenters. The molecule has 1 aromatic rings. The van der Waals surface area contributed by atoms with Gasteiger partial charge < -0.3 is 10.2 Å². The summed E-state index contributed by atoms with van der Waals surface area (Å²) in [6.07, 6.45) is 2.66. The third-order valence-electron chi connectivity index (χ3n) is 3.99. The van der Waals surface area contributed by atoms with Gasteiger partial charge in [-0.3, -0.25) is 4.79 Å². The maximum Gasteiger partial charge on any atom is 0.228 e. The van der Waals surface area contributed by atoms with E-state index in [0.29, 0.717) is 12.3 Å². The second-order valence-corrected chi connectivity index (χ2v) is 7.81. The molecule has 1 aliphatic heterocycles. The Morgan fingerprint density at radius 3 is 2.43 bits per heavy atom. The molecule has 4 nitrogen and oxygen atoms in total. The Hall–Kier alpha value is -0.360. The highest BCUT2D eigenvalue weighted by Gasteiger charge is 2.24. The Bertz CT molecular complexity index is 480. The van der Waals surface area contributed by atoms with E-state index in [9.17, 15) is 4.79 Å². The monoisotopic (exact) mass is 381 g/mol. The van der Waals surface area contributed by atoms with Gasteiger partial charge in [0, 0.05) is 23.9 Å². The molecule has 0 aliphatic carbocycles. The average Bonchev–Trinajstić information content (AvgIpc) is 2.88. The van der Waals surface area contributed by atoms with Crippen molar-refractivity contribution in [2.45, 2.75) is 45.4 Å². The molecule has 0 spiro atoms. The fourth-order valence-corrected chi connectivity index (χ4v) is 3.58. The van der Waals surface area contributed by atoms with Crippen LogP contribution in [0.3, 0.4) is 0 Å². The molecule has 1 fully saturated rings. The Kier molecular flexibility index (Phi) is 9.67. The van der Waals surface area contributed by atoms with Gasteiger partial charge in [-0.05, 0) is 32.4 Å². The van der Waals surface area contributed by atoms with Gasteiger partial charge in [-0.15, -0.1) is 36.2 Å². The van der Waals surface area contributed by atoms with E-state index in [1.54, 1.807) is 11.3 Å². The van der Waals surface area contributed by atoms with E-state index in [4.69, 9.17) is 0 Å². The molecule has 7 heteroatoms. The molecular formula is C16H29Cl2N3OS. The van der Waals surface area contributed by atoms with Crippen molar-refractivity contribution in [2.75, 3.05) is 26.7 Å². The van der Waals surface area contributed by atoms with Crippen molar-refractivity contribution in [3.63, 3.8) is 0 Å². The van der Waals surface area contributed by atoms with E-state index in [-0.39, 0.29) is 36.1 Å². The predicted molar refractivity (Wildman–Crippen MR) is 102 cm³/mol. The van der Waals surface area contributed by atoms with Gasteiger partial charge in [0.1, 0.15) is 0 Å². The number of nitrogens with zero attached hydrogens (tertiary/aromatic N) is 2. The number of likely N-dealkylation sites (tertiary alicyclic amines) is 1. The first-order chi connectivity index (χ1) is 9.90. The number of halogens is 2. The van der Waals surface area contributed by atoms with Crippen molar-refractivity contribution in [1.29, 1.82) is 0 Å². The first-order valence-electron chi connectivity index (χ1n) is 7.77. The largest absolute Gasteiger partial charge is 0.342 e. The summed E-state index contributed by atoms with van der Waals surface area (Å²) in [7, 11) is 1.99. The summed E-state index contributed by atoms with van der Waals surface area (Å²) in [6.45, 7) is 9.31. The van der Waals surface area contributed by atoms with Crippen LogP contribution in [0.1, 0.15) is 44.3 Å². The zero-order valence-electron chi connectivity index (χ0n) is 14.4. The molecule has 0 radical (unpaired) electrons. The minimum atomic E-state index is 0. The Morgan fingerprint density at radius 1 is 1.35 bits per heavy atom. The van der Waals surface area contributed by atoms with E-state index >= 15 is 0 Å². The van der Waals surface area contributed by atoms with Crippen LogP contribution in [0.2, 0.25) is 0 Å². The zero-order chi connectivity index (χ0) is 15.5. The maximum absolute atomic E-state index is 12.4. The molecule has 1 aromatic heterocycles. The van der Waals surface area contributed by atoms with Crippen LogP contribution in [-0.4, -0.2) is 42.5 Å². The van der Waals surface area contributed by atoms with Gasteiger partial charge in [0.25, 0.3) is 0 Å². The van der Waals surface area contributed by atoms with Gasteiger partial charge in [-0.2, -0.15) is 0 Å². The number of thiazole rings is 1. The molecule has 1 N–H and O–H groups in total. The van der Waals surface area contributed by atoms with Crippen molar-refractivity contribution in [3.05, 3.63) is 16.1 Å². The van der Waals surface area contributed by atoms with Crippen LogP contribution in [0, 0.1) is 5.92 Å². The maximum atomic E-state index is 12.4. The van der Waals surface area contributed by atoms with Crippen molar-refractivity contribution in [2.24, 2.45) is 5.92 Å². The smallest absolute Gasteiger partial charge is 0.228 e. The first kappa shape index (κ1) is 22.6. The summed E-state index contributed by atoms with van der Waals surface area (Å²) in [6, 6.07) is 0. The van der Waals surface area contributed by atoms with Gasteiger partial charge in [0.15, 0.2) is 0 Å². The molecule has 0 bridgehead atoms. The number of aromatic nitrogens is 1. The molecule has 1 aliphatic rings. The number of hydrogen-bond donors (Lipinski definition) is 1. The molecule has 2 heterocycles. The van der Waals surface area contributed by atoms with E-state index in [1.807, 2.05) is 17.3 Å². The molecule has 0 atom stereocenters. The average molecular weight is 382 g/mol. The zero-order valence-corrected chi connectivity index (χ0v) is 16.9. The van der Waals surface area contributed by atoms with Crippen LogP contribution in [0.15, 0.2) is 5.38 Å². The second kappa shape index (κ2) is 9.82. The van der Waals surface area contributed by atoms with Gasteiger partial charge in [0.05, 0.1) is 17.1 Å². The number of hydrogen-bond acceptors (Lipinski definition) is 4. The number of carbonyl (C=O) groups is 1. The first-order valence-corrected chi connectivity index (χ1v) is 8.65. The highest BCUT2D eigenvalue weighted by atomic mass is 35.5. The number of nitrogens with one attached hydrogen (secondary N) is 1. The van der Waals surface area contributed by atoms with Crippen LogP contribution < -0.4 is 5.32 Å². The number of carbonyl (C=O) groups excluding carboxylic acids is 1. The summed E-state index contributed by atoms with van der Waals surface area (Å²) >= 11 is 1.66. The van der Waals surface area contributed by atoms with Crippen LogP contribution in [0.5, 0.6) is 0 Å². The molecule has 0 saturated carbocycles. The molecule has 1 amide bonds. The van der Waals surface area contributed by atoms with Crippen molar-refractivity contribution in [3.8, 4) is 0 Å². The highest BCUT2D eigenvalue weighted by Crippen LogP contribution is 2.26. The predicted octanol–water partition coefficient (Wildman–Crippen LogP) is 3.28. The fourth-order valence-electron chi connectivity index (χ4n) is 2.67. The Morgan fingerprint density at radius 2 is 1.96 bits per heavy atom. The molecule has 134 valence electrons. The quantitative estimate of drug-likeness (QED) is 0.869. The molecule has 23 heavy (non-hydrogen) atoms. The third-order valence-corrected chi connectivity index (χ3v) is 5.30. The minimum absolute atomic E-state index is 0. The summed E-state index contributed by atoms with van der Waals surface area (Å²) in [5, 5.41) is 6.37. The summed E-state index contributed by atoms with van der Waals surface area (Å²) in [4.78, 5) is 19.0. The normalized spacial score (nSPS) is 15.7. The SMILES string of the molecule is CNCC1CCN(C(=O)Cc2csc(C(C)(C)C)n2)CC1.Cl.Cl. The summed E-state index contributed by atoms with van der Waals surface area (Å²) in [5.74, 6) is 0.939. The lowest BCUT2D eigenvalue weighted by atomic mass is 9.96. The lowest BCUT2D eigenvalue weighted by Gasteiger charge is -2.31. The van der Waals surface area contributed by atoms with E-state index < -0.39 is 0 Å². The lowest BCUT2D eigenvalue weighted by molar-refractivity contribution is -0.131. The minimum Gasteiger partial charge on any atom is -0.342 e. The van der Waals surface area contributed by atoms with Gasteiger partial charge >= 0.3 is 0 Å². The number of rotatable bonds is 4.